The van der Waals surface area contributed by atoms with E-state index in [4.69, 9.17) is 0 Å². The first kappa shape index (κ1) is 17.1. The van der Waals surface area contributed by atoms with E-state index in [1.165, 1.54) is 5.57 Å². The molecule has 0 fully saturated rings. The van der Waals surface area contributed by atoms with Crippen LogP contribution < -0.4 is 0 Å². The maximum atomic E-state index is 13.3. The third-order valence-corrected chi connectivity index (χ3v) is 2.40. The van der Waals surface area contributed by atoms with Crippen molar-refractivity contribution in [1.82, 2.24) is 0 Å². The standard InChI is InChI=1S/C9H19F.C5H10/c1-4-6-8-9(3,10)7-5-2;1-4-5(2)3/h4-8H2,1-3H3;4H,1-3H3. The highest BCUT2D eigenvalue weighted by molar-refractivity contribution is 4.88. The van der Waals surface area contributed by atoms with Crippen LogP contribution in [0, 0.1) is 0 Å². The minimum absolute atomic E-state index is 0.715. The van der Waals surface area contributed by atoms with Crippen molar-refractivity contribution in [2.75, 3.05) is 0 Å². The van der Waals surface area contributed by atoms with Gasteiger partial charge in [-0.15, -0.1) is 0 Å². The molecule has 0 spiro atoms. The fourth-order valence-corrected chi connectivity index (χ4v) is 1.19. The molecule has 0 N–H and O–H groups in total. The van der Waals surface area contributed by atoms with Crippen molar-refractivity contribution in [3.8, 4) is 0 Å². The average Bonchev–Trinajstić information content (AvgIpc) is 2.16. The molecule has 0 nitrogen and oxygen atoms in total. The van der Waals surface area contributed by atoms with E-state index < -0.39 is 5.67 Å². The van der Waals surface area contributed by atoms with E-state index >= 15 is 0 Å². The van der Waals surface area contributed by atoms with Gasteiger partial charge < -0.3 is 0 Å². The molecule has 0 aliphatic rings. The molecule has 0 bridgehead atoms. The Morgan fingerprint density at radius 3 is 1.87 bits per heavy atom. The third kappa shape index (κ3) is 16.4. The summed E-state index contributed by atoms with van der Waals surface area (Å²) in [6, 6.07) is 0. The van der Waals surface area contributed by atoms with E-state index in [0.717, 1.165) is 25.7 Å². The Kier molecular flexibility index (Phi) is 11.6. The lowest BCUT2D eigenvalue weighted by Gasteiger charge is -2.18. The summed E-state index contributed by atoms with van der Waals surface area (Å²) >= 11 is 0. The second-order valence-corrected chi connectivity index (χ2v) is 4.63. The van der Waals surface area contributed by atoms with E-state index in [9.17, 15) is 4.39 Å². The van der Waals surface area contributed by atoms with E-state index in [1.54, 1.807) is 6.92 Å². The zero-order valence-corrected chi connectivity index (χ0v) is 11.5. The average molecular weight is 216 g/mol. The van der Waals surface area contributed by atoms with E-state index in [2.05, 4.69) is 26.8 Å². The summed E-state index contributed by atoms with van der Waals surface area (Å²) in [6.07, 6.45) is 6.61. The summed E-state index contributed by atoms with van der Waals surface area (Å²) in [7, 11) is 0. The summed E-state index contributed by atoms with van der Waals surface area (Å²) in [5.41, 5.74) is 0.482. The van der Waals surface area contributed by atoms with Gasteiger partial charge in [-0.1, -0.05) is 44.8 Å². The molecule has 1 atom stereocenters. The Labute approximate surface area is 96.0 Å². The lowest BCUT2D eigenvalue weighted by molar-refractivity contribution is 0.156. The molecule has 0 amide bonds. The van der Waals surface area contributed by atoms with Crippen LogP contribution in [0.4, 0.5) is 4.39 Å². The number of rotatable bonds is 5. The highest BCUT2D eigenvalue weighted by Gasteiger charge is 2.20. The lowest BCUT2D eigenvalue weighted by Crippen LogP contribution is -2.16. The summed E-state index contributed by atoms with van der Waals surface area (Å²) in [4.78, 5) is 0. The molecule has 15 heavy (non-hydrogen) atoms. The van der Waals surface area contributed by atoms with Gasteiger partial charge in [0, 0.05) is 0 Å². The fraction of sp³-hybridized carbons (Fsp3) is 0.857. The van der Waals surface area contributed by atoms with Crippen molar-refractivity contribution in [3.05, 3.63) is 11.6 Å². The summed E-state index contributed by atoms with van der Waals surface area (Å²) in [5.74, 6) is 0. The van der Waals surface area contributed by atoms with Crippen LogP contribution in [0.25, 0.3) is 0 Å². The van der Waals surface area contributed by atoms with Crippen LogP contribution in [0.15, 0.2) is 11.6 Å². The number of alkyl halides is 1. The molecule has 0 radical (unpaired) electrons. The Bertz CT molecular complexity index is 153. The molecule has 0 aromatic heterocycles. The lowest BCUT2D eigenvalue weighted by atomic mass is 9.96. The number of halogens is 1. The second-order valence-electron chi connectivity index (χ2n) is 4.63. The van der Waals surface area contributed by atoms with E-state index in [0.29, 0.717) is 6.42 Å². The highest BCUT2D eigenvalue weighted by atomic mass is 19.1. The van der Waals surface area contributed by atoms with Crippen LogP contribution in [-0.4, -0.2) is 5.67 Å². The van der Waals surface area contributed by atoms with Crippen molar-refractivity contribution in [1.29, 1.82) is 0 Å². The zero-order valence-electron chi connectivity index (χ0n) is 11.5. The maximum Gasteiger partial charge on any atom is 0.108 e. The molecule has 0 aromatic rings. The van der Waals surface area contributed by atoms with Crippen LogP contribution in [0.2, 0.25) is 0 Å². The third-order valence-electron chi connectivity index (χ3n) is 2.40. The van der Waals surface area contributed by atoms with Crippen molar-refractivity contribution in [3.63, 3.8) is 0 Å². The first-order valence-electron chi connectivity index (χ1n) is 6.18. The predicted octanol–water partition coefficient (Wildman–Crippen LogP) is 5.68. The second kappa shape index (κ2) is 10.2. The summed E-state index contributed by atoms with van der Waals surface area (Å²) in [5, 5.41) is 0. The number of hydrogen-bond donors (Lipinski definition) is 0. The first-order chi connectivity index (χ1) is 6.89. The maximum absolute atomic E-state index is 13.3. The number of hydrogen-bond acceptors (Lipinski definition) is 0. The van der Waals surface area contributed by atoms with Gasteiger partial charge in [0.25, 0.3) is 0 Å². The monoisotopic (exact) mass is 216 g/mol. The van der Waals surface area contributed by atoms with Crippen LogP contribution in [0.3, 0.4) is 0 Å². The van der Waals surface area contributed by atoms with E-state index in [-0.39, 0.29) is 0 Å². The molecule has 0 aromatic carbocycles. The predicted molar refractivity (Wildman–Crippen MR) is 69.1 cm³/mol. The van der Waals surface area contributed by atoms with Crippen LogP contribution in [0.1, 0.15) is 73.6 Å². The largest absolute Gasteiger partial charge is 0.244 e. The molecule has 0 rings (SSSR count). The van der Waals surface area contributed by atoms with Gasteiger partial charge in [-0.25, -0.2) is 4.39 Å². The van der Waals surface area contributed by atoms with Crippen LogP contribution in [0.5, 0.6) is 0 Å². The Hall–Kier alpha value is -0.330. The topological polar surface area (TPSA) is 0 Å². The van der Waals surface area contributed by atoms with Gasteiger partial charge in [-0.3, -0.25) is 0 Å². The molecule has 0 aliphatic heterocycles. The molecule has 0 aliphatic carbocycles. The Balaban J connectivity index is 0. The SMILES string of the molecule is CC=C(C)C.CCCCC(C)(F)CCC. The summed E-state index contributed by atoms with van der Waals surface area (Å²) < 4.78 is 13.3. The number of unbranched alkanes of at least 4 members (excludes halogenated alkanes) is 1. The van der Waals surface area contributed by atoms with Gasteiger partial charge in [-0.2, -0.15) is 0 Å². The van der Waals surface area contributed by atoms with Crippen molar-refractivity contribution in [2.24, 2.45) is 0 Å². The zero-order chi connectivity index (χ0) is 12.3. The molecule has 1 heteroatoms. The van der Waals surface area contributed by atoms with Gasteiger partial charge >= 0.3 is 0 Å². The fourth-order valence-electron chi connectivity index (χ4n) is 1.19. The molecular weight excluding hydrogens is 187 g/mol. The van der Waals surface area contributed by atoms with Crippen molar-refractivity contribution >= 4 is 0 Å². The van der Waals surface area contributed by atoms with E-state index in [1.807, 2.05) is 13.8 Å². The van der Waals surface area contributed by atoms with Gasteiger partial charge in [0.15, 0.2) is 0 Å². The van der Waals surface area contributed by atoms with Gasteiger partial charge in [0.1, 0.15) is 5.67 Å². The van der Waals surface area contributed by atoms with Crippen LogP contribution in [-0.2, 0) is 0 Å². The molecule has 0 saturated heterocycles. The minimum Gasteiger partial charge on any atom is -0.244 e. The number of allylic oxidation sites excluding steroid dienone is 2. The van der Waals surface area contributed by atoms with Crippen molar-refractivity contribution < 1.29 is 4.39 Å². The normalized spacial score (nSPS) is 13.5. The highest BCUT2D eigenvalue weighted by Crippen LogP contribution is 2.23. The van der Waals surface area contributed by atoms with Gasteiger partial charge in [0.2, 0.25) is 0 Å². The molecular formula is C14H29F. The molecule has 0 heterocycles. The first-order valence-corrected chi connectivity index (χ1v) is 6.18. The minimum atomic E-state index is -0.898. The van der Waals surface area contributed by atoms with Gasteiger partial charge in [-0.05, 0) is 40.5 Å². The molecule has 92 valence electrons. The van der Waals surface area contributed by atoms with Crippen molar-refractivity contribution in [2.45, 2.75) is 79.3 Å². The Morgan fingerprint density at radius 1 is 1.13 bits per heavy atom. The van der Waals surface area contributed by atoms with Crippen LogP contribution >= 0.6 is 0 Å². The smallest absolute Gasteiger partial charge is 0.108 e. The summed E-state index contributed by atoms with van der Waals surface area (Å²) in [6.45, 7) is 12.0. The van der Waals surface area contributed by atoms with Gasteiger partial charge in [0.05, 0.1) is 0 Å². The quantitative estimate of drug-likeness (QED) is 0.519. The molecule has 0 saturated carbocycles. The Morgan fingerprint density at radius 2 is 1.60 bits per heavy atom. The molecule has 1 unspecified atom stereocenters.